The second-order valence-electron chi connectivity index (χ2n) is 9.03. The smallest absolute Gasteiger partial charge is 0.124 e. The van der Waals surface area contributed by atoms with Gasteiger partial charge in [0, 0.05) is 59.6 Å². The largest absolute Gasteiger partial charge is 0.492 e. The zero-order valence-electron chi connectivity index (χ0n) is 19.7. The van der Waals surface area contributed by atoms with Crippen LogP contribution in [0.2, 0.25) is 10.0 Å². The molecule has 0 unspecified atom stereocenters. The van der Waals surface area contributed by atoms with E-state index in [1.54, 1.807) is 0 Å². The Hall–Kier alpha value is -3.02. The third-order valence-corrected chi connectivity index (χ3v) is 7.56. The zero-order chi connectivity index (χ0) is 24.5. The number of ether oxygens (including phenoxy) is 2. The fraction of sp³-hybridized carbons (Fsp3) is 0.200. The van der Waals surface area contributed by atoms with Crippen molar-refractivity contribution >= 4 is 23.2 Å². The molecule has 6 rings (SSSR count). The van der Waals surface area contributed by atoms with E-state index in [-0.39, 0.29) is 0 Å². The summed E-state index contributed by atoms with van der Waals surface area (Å²) in [5.74, 6) is 1.80. The number of fused-ring (bicyclic) bond motifs is 2. The van der Waals surface area contributed by atoms with Gasteiger partial charge in [-0.15, -0.1) is 0 Å². The quantitative estimate of drug-likeness (QED) is 0.309. The lowest BCUT2D eigenvalue weighted by Crippen LogP contribution is -2.16. The minimum atomic E-state index is 0.650. The molecule has 0 aliphatic carbocycles. The summed E-state index contributed by atoms with van der Waals surface area (Å²) in [6.45, 7) is 4.57. The van der Waals surface area contributed by atoms with Crippen molar-refractivity contribution in [1.29, 1.82) is 0 Å². The average molecular weight is 517 g/mol. The Morgan fingerprint density at radius 1 is 0.556 bits per heavy atom. The van der Waals surface area contributed by atoms with E-state index in [1.807, 2.05) is 36.4 Å². The van der Waals surface area contributed by atoms with E-state index in [4.69, 9.17) is 32.7 Å². The molecule has 36 heavy (non-hydrogen) atoms. The molecule has 0 radical (unpaired) electrons. The van der Waals surface area contributed by atoms with Gasteiger partial charge in [-0.05, 0) is 23.3 Å². The molecule has 0 saturated heterocycles. The molecule has 0 bridgehead atoms. The summed E-state index contributed by atoms with van der Waals surface area (Å²) in [5, 5.41) is 8.08. The predicted molar refractivity (Wildman–Crippen MR) is 147 cm³/mol. The average Bonchev–Trinajstić information content (AvgIpc) is 3.29. The van der Waals surface area contributed by atoms with Crippen LogP contribution in [-0.4, -0.2) is 26.3 Å². The Morgan fingerprint density at radius 3 is 1.47 bits per heavy atom. The van der Waals surface area contributed by atoms with Gasteiger partial charge < -0.3 is 20.1 Å². The van der Waals surface area contributed by atoms with Crippen molar-refractivity contribution in [2.45, 2.75) is 13.1 Å². The van der Waals surface area contributed by atoms with Gasteiger partial charge in [-0.1, -0.05) is 83.9 Å². The molecule has 0 amide bonds. The van der Waals surface area contributed by atoms with Crippen LogP contribution in [0.25, 0.3) is 33.4 Å². The lowest BCUT2D eigenvalue weighted by molar-refractivity contribution is 0.326. The Balaban J connectivity index is 1.40. The maximum Gasteiger partial charge on any atom is 0.124 e. The van der Waals surface area contributed by atoms with Crippen LogP contribution in [0.5, 0.6) is 11.5 Å². The van der Waals surface area contributed by atoms with Crippen LogP contribution in [-0.2, 0) is 13.1 Å². The number of halogens is 2. The molecule has 2 heterocycles. The Morgan fingerprint density at radius 2 is 1.00 bits per heavy atom. The molecule has 4 aromatic rings. The van der Waals surface area contributed by atoms with E-state index in [1.165, 1.54) is 0 Å². The van der Waals surface area contributed by atoms with Crippen LogP contribution in [0.15, 0.2) is 72.8 Å². The molecule has 4 nitrogen and oxygen atoms in total. The van der Waals surface area contributed by atoms with E-state index < -0.39 is 0 Å². The highest BCUT2D eigenvalue weighted by Crippen LogP contribution is 2.43. The Kier molecular flexibility index (Phi) is 6.60. The zero-order valence-corrected chi connectivity index (χ0v) is 21.3. The molecule has 4 aromatic carbocycles. The van der Waals surface area contributed by atoms with Crippen molar-refractivity contribution in [3.8, 4) is 44.9 Å². The molecule has 182 valence electrons. The van der Waals surface area contributed by atoms with Crippen LogP contribution in [0.3, 0.4) is 0 Å². The number of benzene rings is 4. The van der Waals surface area contributed by atoms with E-state index in [2.05, 4.69) is 47.0 Å². The monoisotopic (exact) mass is 516 g/mol. The summed E-state index contributed by atoms with van der Waals surface area (Å²) in [6.07, 6.45) is 0. The molecule has 0 saturated carbocycles. The highest BCUT2D eigenvalue weighted by molar-refractivity contribution is 6.39. The minimum Gasteiger partial charge on any atom is -0.492 e. The Labute approximate surface area is 221 Å². The maximum atomic E-state index is 7.04. The number of rotatable bonds is 3. The van der Waals surface area contributed by atoms with Crippen LogP contribution >= 0.6 is 23.2 Å². The molecule has 0 atom stereocenters. The second kappa shape index (κ2) is 10.2. The molecule has 2 N–H and O–H groups in total. The molecule has 6 heteroatoms. The first kappa shape index (κ1) is 23.4. The Bertz CT molecular complexity index is 1330. The van der Waals surface area contributed by atoms with E-state index in [0.717, 1.165) is 82.2 Å². The lowest BCUT2D eigenvalue weighted by Gasteiger charge is -2.16. The van der Waals surface area contributed by atoms with Gasteiger partial charge in [0.05, 0.1) is 10.0 Å². The molecule has 2 aliphatic heterocycles. The van der Waals surface area contributed by atoms with Gasteiger partial charge in [-0.3, -0.25) is 0 Å². The number of hydrogen-bond donors (Lipinski definition) is 2. The molecular weight excluding hydrogens is 491 g/mol. The van der Waals surface area contributed by atoms with Gasteiger partial charge >= 0.3 is 0 Å². The van der Waals surface area contributed by atoms with Gasteiger partial charge in [-0.25, -0.2) is 0 Å². The summed E-state index contributed by atoms with van der Waals surface area (Å²) in [7, 11) is 0. The van der Waals surface area contributed by atoms with Crippen molar-refractivity contribution in [2.75, 3.05) is 26.3 Å². The number of hydrogen-bond acceptors (Lipinski definition) is 4. The second-order valence-corrected chi connectivity index (χ2v) is 9.79. The highest BCUT2D eigenvalue weighted by Gasteiger charge is 2.18. The van der Waals surface area contributed by atoms with E-state index >= 15 is 0 Å². The van der Waals surface area contributed by atoms with E-state index in [9.17, 15) is 0 Å². The van der Waals surface area contributed by atoms with Gasteiger partial charge in [0.2, 0.25) is 0 Å². The summed E-state index contributed by atoms with van der Waals surface area (Å²) >= 11 is 14.1. The fourth-order valence-electron chi connectivity index (χ4n) is 4.84. The molecule has 0 aromatic heterocycles. The van der Waals surface area contributed by atoms with Crippen LogP contribution in [0, 0.1) is 0 Å². The summed E-state index contributed by atoms with van der Waals surface area (Å²) in [4.78, 5) is 0. The molecule has 0 spiro atoms. The first-order chi connectivity index (χ1) is 17.7. The van der Waals surface area contributed by atoms with Crippen molar-refractivity contribution in [3.63, 3.8) is 0 Å². The lowest BCUT2D eigenvalue weighted by atomic mass is 9.95. The van der Waals surface area contributed by atoms with Gasteiger partial charge in [0.25, 0.3) is 0 Å². The number of nitrogens with one attached hydrogen (secondary N) is 2. The predicted octanol–water partition coefficient (Wildman–Crippen LogP) is 6.96. The van der Waals surface area contributed by atoms with Gasteiger partial charge in [0.1, 0.15) is 24.7 Å². The van der Waals surface area contributed by atoms with Gasteiger partial charge in [0.15, 0.2) is 0 Å². The van der Waals surface area contributed by atoms with Crippen molar-refractivity contribution in [1.82, 2.24) is 10.6 Å². The van der Waals surface area contributed by atoms with Crippen LogP contribution in [0.1, 0.15) is 11.1 Å². The first-order valence-corrected chi connectivity index (χ1v) is 13.0. The van der Waals surface area contributed by atoms with E-state index in [0.29, 0.717) is 23.3 Å². The standard InChI is InChI=1S/C30H26Cl2N2O2/c31-29-23(19-7-9-21-17-33-11-13-35-27(21)15-19)3-1-5-25(29)26-6-2-4-24(30(26)32)20-8-10-22-18-34-12-14-36-28(22)16-20/h1-10,15-16,33-34H,11-14,17-18H2. The molecule has 0 fully saturated rings. The fourth-order valence-corrected chi connectivity index (χ4v) is 5.52. The van der Waals surface area contributed by atoms with Crippen molar-refractivity contribution in [3.05, 3.63) is 94.0 Å². The summed E-state index contributed by atoms with van der Waals surface area (Å²) in [5.41, 5.74) is 8.04. The molecule has 2 aliphatic rings. The van der Waals surface area contributed by atoms with Crippen LogP contribution < -0.4 is 20.1 Å². The minimum absolute atomic E-state index is 0.650. The summed E-state index contributed by atoms with van der Waals surface area (Å²) < 4.78 is 11.9. The SMILES string of the molecule is Clc1c(-c2ccc3c(c2)OCCNC3)cccc1-c1cccc(-c2ccc3c(c2)OCCNC3)c1Cl. The first-order valence-electron chi connectivity index (χ1n) is 12.2. The normalized spacial score (nSPS) is 15.1. The third-order valence-electron chi connectivity index (χ3n) is 6.75. The highest BCUT2D eigenvalue weighted by atomic mass is 35.5. The van der Waals surface area contributed by atoms with Gasteiger partial charge in [-0.2, -0.15) is 0 Å². The molecular formula is C30H26Cl2N2O2. The summed E-state index contributed by atoms with van der Waals surface area (Å²) in [6, 6.07) is 24.7. The van der Waals surface area contributed by atoms with Crippen molar-refractivity contribution in [2.24, 2.45) is 0 Å². The maximum absolute atomic E-state index is 7.04. The topological polar surface area (TPSA) is 42.5 Å². The third kappa shape index (κ3) is 4.46. The van der Waals surface area contributed by atoms with Crippen molar-refractivity contribution < 1.29 is 9.47 Å². The van der Waals surface area contributed by atoms with Crippen LogP contribution in [0.4, 0.5) is 0 Å².